The summed E-state index contributed by atoms with van der Waals surface area (Å²) in [4.78, 5) is 4.29. The Balaban J connectivity index is 2.29. The van der Waals surface area contributed by atoms with Gasteiger partial charge in [0.1, 0.15) is 17.3 Å². The second-order valence-corrected chi connectivity index (χ2v) is 4.73. The fourth-order valence-electron chi connectivity index (χ4n) is 1.90. The Bertz CT molecular complexity index is 599. The van der Waals surface area contributed by atoms with Crippen LogP contribution in [0, 0.1) is 19.7 Å². The highest BCUT2D eigenvalue weighted by Crippen LogP contribution is 2.28. The van der Waals surface area contributed by atoms with E-state index in [1.54, 1.807) is 6.07 Å². The zero-order valence-electron chi connectivity index (χ0n) is 12.0. The number of nitrogens with zero attached hydrogens (tertiary/aromatic N) is 1. The molecule has 106 valence electrons. The Labute approximate surface area is 118 Å². The largest absolute Gasteiger partial charge is 0.457 e. The van der Waals surface area contributed by atoms with E-state index in [0.29, 0.717) is 12.3 Å². The molecule has 20 heavy (non-hydrogen) atoms. The Morgan fingerprint density at radius 3 is 2.70 bits per heavy atom. The van der Waals surface area contributed by atoms with Crippen molar-refractivity contribution in [2.24, 2.45) is 0 Å². The molecule has 0 aliphatic heterocycles. The first-order valence-corrected chi connectivity index (χ1v) is 6.70. The van der Waals surface area contributed by atoms with Gasteiger partial charge in [0, 0.05) is 30.1 Å². The van der Waals surface area contributed by atoms with Crippen molar-refractivity contribution in [2.45, 2.75) is 27.3 Å². The van der Waals surface area contributed by atoms with E-state index in [1.807, 2.05) is 33.0 Å². The molecule has 0 atom stereocenters. The zero-order chi connectivity index (χ0) is 14.5. The summed E-state index contributed by atoms with van der Waals surface area (Å²) in [6, 6.07) is 6.42. The van der Waals surface area contributed by atoms with Crippen LogP contribution in [-0.4, -0.2) is 11.5 Å². The van der Waals surface area contributed by atoms with E-state index in [4.69, 9.17) is 4.74 Å². The number of pyridine rings is 1. The molecule has 2 rings (SSSR count). The molecule has 0 radical (unpaired) electrons. The first-order valence-electron chi connectivity index (χ1n) is 6.70. The topological polar surface area (TPSA) is 34.2 Å². The normalized spacial score (nSPS) is 10.6. The van der Waals surface area contributed by atoms with Gasteiger partial charge < -0.3 is 10.1 Å². The third kappa shape index (κ3) is 3.54. The van der Waals surface area contributed by atoms with Gasteiger partial charge in [0.2, 0.25) is 0 Å². The molecule has 0 saturated carbocycles. The Morgan fingerprint density at radius 2 is 2.00 bits per heavy atom. The maximum Gasteiger partial charge on any atom is 0.135 e. The number of hydrogen-bond donors (Lipinski definition) is 1. The summed E-state index contributed by atoms with van der Waals surface area (Å²) in [7, 11) is 0. The molecule has 0 spiro atoms. The van der Waals surface area contributed by atoms with Crippen LogP contribution in [-0.2, 0) is 6.54 Å². The fraction of sp³-hybridized carbons (Fsp3) is 0.312. The molecule has 0 unspecified atom stereocenters. The molecule has 3 nitrogen and oxygen atoms in total. The average molecular weight is 274 g/mol. The van der Waals surface area contributed by atoms with Crippen LogP contribution in [0.5, 0.6) is 11.5 Å². The van der Waals surface area contributed by atoms with Gasteiger partial charge in [-0.05, 0) is 44.2 Å². The lowest BCUT2D eigenvalue weighted by Crippen LogP contribution is -2.13. The molecule has 0 aliphatic carbocycles. The van der Waals surface area contributed by atoms with Crippen LogP contribution in [0.25, 0.3) is 0 Å². The molecule has 0 fully saturated rings. The van der Waals surface area contributed by atoms with Crippen molar-refractivity contribution in [1.29, 1.82) is 0 Å². The number of benzene rings is 1. The summed E-state index contributed by atoms with van der Waals surface area (Å²) < 4.78 is 19.0. The monoisotopic (exact) mass is 274 g/mol. The first kappa shape index (κ1) is 14.5. The summed E-state index contributed by atoms with van der Waals surface area (Å²) in [6.45, 7) is 7.37. The Kier molecular flexibility index (Phi) is 4.69. The highest BCUT2D eigenvalue weighted by atomic mass is 19.1. The van der Waals surface area contributed by atoms with Crippen molar-refractivity contribution in [3.63, 3.8) is 0 Å². The van der Waals surface area contributed by atoms with Gasteiger partial charge in [0.05, 0.1) is 0 Å². The number of rotatable bonds is 5. The highest BCUT2D eigenvalue weighted by Gasteiger charge is 2.08. The number of ether oxygens (including phenoxy) is 1. The van der Waals surface area contributed by atoms with Gasteiger partial charge in [-0.15, -0.1) is 0 Å². The summed E-state index contributed by atoms with van der Waals surface area (Å²) in [6.07, 6.45) is 1.81. The van der Waals surface area contributed by atoms with Crippen LogP contribution < -0.4 is 10.1 Å². The minimum absolute atomic E-state index is 0.256. The summed E-state index contributed by atoms with van der Waals surface area (Å²) in [5.41, 5.74) is 2.65. The first-order chi connectivity index (χ1) is 9.60. The molecule has 0 bridgehead atoms. The Hall–Kier alpha value is -1.94. The highest BCUT2D eigenvalue weighted by molar-refractivity contribution is 5.41. The lowest BCUT2D eigenvalue weighted by molar-refractivity contribution is 0.466. The minimum Gasteiger partial charge on any atom is -0.457 e. The van der Waals surface area contributed by atoms with E-state index in [0.717, 1.165) is 29.1 Å². The predicted molar refractivity (Wildman–Crippen MR) is 77.6 cm³/mol. The molecule has 2 aromatic rings. The lowest BCUT2D eigenvalue weighted by atomic mass is 10.2. The van der Waals surface area contributed by atoms with Crippen molar-refractivity contribution in [3.05, 3.63) is 53.1 Å². The molecule has 0 saturated heterocycles. The van der Waals surface area contributed by atoms with Crippen molar-refractivity contribution < 1.29 is 9.13 Å². The number of aryl methyl sites for hydroxylation is 2. The van der Waals surface area contributed by atoms with Gasteiger partial charge in [0.25, 0.3) is 0 Å². The lowest BCUT2D eigenvalue weighted by Gasteiger charge is -2.13. The van der Waals surface area contributed by atoms with E-state index in [1.165, 1.54) is 12.1 Å². The second kappa shape index (κ2) is 6.48. The van der Waals surface area contributed by atoms with Crippen LogP contribution in [0.4, 0.5) is 4.39 Å². The van der Waals surface area contributed by atoms with Gasteiger partial charge in [-0.25, -0.2) is 4.39 Å². The molecule has 1 N–H and O–H groups in total. The molecule has 0 aliphatic rings. The molecular formula is C16H19FN2O. The van der Waals surface area contributed by atoms with Crippen molar-refractivity contribution in [2.75, 3.05) is 6.54 Å². The van der Waals surface area contributed by atoms with Crippen LogP contribution in [0.15, 0.2) is 30.5 Å². The van der Waals surface area contributed by atoms with Gasteiger partial charge in [-0.2, -0.15) is 0 Å². The SMILES string of the molecule is CCNCc1cnc(C)cc1Oc1ccc(F)cc1C. The number of nitrogens with one attached hydrogen (secondary N) is 1. The maximum atomic E-state index is 13.1. The quantitative estimate of drug-likeness (QED) is 0.902. The minimum atomic E-state index is -0.256. The van der Waals surface area contributed by atoms with E-state index in [2.05, 4.69) is 10.3 Å². The van der Waals surface area contributed by atoms with Crippen LogP contribution in [0.2, 0.25) is 0 Å². The standard InChI is InChI=1S/C16H19FN2O/c1-4-18-9-13-10-19-12(3)8-16(13)20-15-6-5-14(17)7-11(15)2/h5-8,10,18H,4,9H2,1-3H3. The summed E-state index contributed by atoms with van der Waals surface area (Å²) >= 11 is 0. The van der Waals surface area contributed by atoms with Gasteiger partial charge in [-0.1, -0.05) is 6.92 Å². The van der Waals surface area contributed by atoms with E-state index < -0.39 is 0 Å². The number of halogens is 1. The molecule has 0 amide bonds. The fourth-order valence-corrected chi connectivity index (χ4v) is 1.90. The molecule has 1 aromatic heterocycles. The third-order valence-electron chi connectivity index (χ3n) is 3.00. The van der Waals surface area contributed by atoms with Crippen LogP contribution >= 0.6 is 0 Å². The molecule has 1 heterocycles. The van der Waals surface area contributed by atoms with Gasteiger partial charge >= 0.3 is 0 Å². The Morgan fingerprint density at radius 1 is 1.20 bits per heavy atom. The van der Waals surface area contributed by atoms with Gasteiger partial charge in [0.15, 0.2) is 0 Å². The smallest absolute Gasteiger partial charge is 0.135 e. The van der Waals surface area contributed by atoms with E-state index in [-0.39, 0.29) is 5.82 Å². The van der Waals surface area contributed by atoms with Crippen molar-refractivity contribution in [3.8, 4) is 11.5 Å². The van der Waals surface area contributed by atoms with E-state index >= 15 is 0 Å². The second-order valence-electron chi connectivity index (χ2n) is 4.73. The summed E-state index contributed by atoms with van der Waals surface area (Å²) in [5, 5.41) is 3.25. The average Bonchev–Trinajstić information content (AvgIpc) is 2.41. The van der Waals surface area contributed by atoms with Crippen molar-refractivity contribution in [1.82, 2.24) is 10.3 Å². The number of hydrogen-bond acceptors (Lipinski definition) is 3. The summed E-state index contributed by atoms with van der Waals surface area (Å²) in [5.74, 6) is 1.16. The third-order valence-corrected chi connectivity index (χ3v) is 3.00. The molecule has 4 heteroatoms. The molecular weight excluding hydrogens is 255 g/mol. The maximum absolute atomic E-state index is 13.1. The van der Waals surface area contributed by atoms with E-state index in [9.17, 15) is 4.39 Å². The zero-order valence-corrected chi connectivity index (χ0v) is 12.0. The van der Waals surface area contributed by atoms with Gasteiger partial charge in [-0.3, -0.25) is 4.98 Å². The van der Waals surface area contributed by atoms with Crippen LogP contribution in [0.1, 0.15) is 23.7 Å². The predicted octanol–water partition coefficient (Wildman–Crippen LogP) is 3.74. The molecule has 1 aromatic carbocycles. The van der Waals surface area contributed by atoms with Crippen LogP contribution in [0.3, 0.4) is 0 Å². The van der Waals surface area contributed by atoms with Crippen molar-refractivity contribution >= 4 is 0 Å². The number of aromatic nitrogens is 1.